The molecule has 0 aliphatic carbocycles. The predicted octanol–water partition coefficient (Wildman–Crippen LogP) is 4.75. The lowest BCUT2D eigenvalue weighted by atomic mass is 10.1. The van der Waals surface area contributed by atoms with Gasteiger partial charge < -0.3 is 23.7 Å². The number of hydrogen-bond donors (Lipinski definition) is 1. The Labute approximate surface area is 297 Å². The van der Waals surface area contributed by atoms with Gasteiger partial charge in [0.05, 0.1) is 0 Å². The Morgan fingerprint density at radius 1 is 0.740 bits per heavy atom. The SMILES string of the molecule is C=C(C)C(=O)OCC(COC(=O)C(=C)C)OC(=O)CCCCCCCN(OCNCCCCCCOC#N)N(C=O)CCCCCCOC#N. The molecule has 0 saturated carbocycles. The zero-order chi connectivity index (χ0) is 37.2. The number of hydrazine groups is 1. The maximum absolute atomic E-state index is 12.5. The average Bonchev–Trinajstić information content (AvgIpc) is 3.09. The second kappa shape index (κ2) is 32.0. The summed E-state index contributed by atoms with van der Waals surface area (Å²) < 4.78 is 25.0. The zero-order valence-corrected chi connectivity index (χ0v) is 30.0. The second-order valence-electron chi connectivity index (χ2n) is 11.7. The van der Waals surface area contributed by atoms with Gasteiger partial charge in [0.15, 0.2) is 6.10 Å². The van der Waals surface area contributed by atoms with Gasteiger partial charge in [-0.15, -0.1) is 0 Å². The third-order valence-corrected chi connectivity index (χ3v) is 7.11. The molecular weight excluding hydrogens is 650 g/mol. The summed E-state index contributed by atoms with van der Waals surface area (Å²) in [5.74, 6) is -1.77. The molecule has 0 aliphatic heterocycles. The molecule has 15 nitrogen and oxygen atoms in total. The minimum atomic E-state index is -0.955. The van der Waals surface area contributed by atoms with Gasteiger partial charge in [-0.25, -0.2) is 9.59 Å². The molecule has 50 heavy (non-hydrogen) atoms. The number of nitriles is 2. The summed E-state index contributed by atoms with van der Waals surface area (Å²) in [6.45, 7) is 12.3. The smallest absolute Gasteiger partial charge is 0.333 e. The fourth-order valence-electron chi connectivity index (χ4n) is 4.34. The van der Waals surface area contributed by atoms with Gasteiger partial charge in [-0.2, -0.15) is 10.5 Å². The van der Waals surface area contributed by atoms with Crippen molar-refractivity contribution in [3.63, 3.8) is 0 Å². The average molecular weight is 708 g/mol. The zero-order valence-electron chi connectivity index (χ0n) is 30.0. The van der Waals surface area contributed by atoms with Crippen LogP contribution in [0.2, 0.25) is 0 Å². The number of carbonyl (C=O) groups excluding carboxylic acids is 4. The van der Waals surface area contributed by atoms with E-state index >= 15 is 0 Å². The Morgan fingerprint density at radius 3 is 1.78 bits per heavy atom. The van der Waals surface area contributed by atoms with Crippen molar-refractivity contribution in [2.24, 2.45) is 0 Å². The fraction of sp³-hybridized carbons (Fsp3) is 0.714. The number of esters is 3. The first-order valence-electron chi connectivity index (χ1n) is 17.4. The van der Waals surface area contributed by atoms with E-state index in [4.69, 9.17) is 34.3 Å². The van der Waals surface area contributed by atoms with Crippen molar-refractivity contribution in [2.75, 3.05) is 52.8 Å². The number of unbranched alkanes of at least 4 members (excludes halogenated alkanes) is 10. The molecule has 1 N–H and O–H groups in total. The highest BCUT2D eigenvalue weighted by Gasteiger charge is 2.20. The van der Waals surface area contributed by atoms with Crippen molar-refractivity contribution in [2.45, 2.75) is 110 Å². The van der Waals surface area contributed by atoms with Gasteiger partial charge >= 0.3 is 17.9 Å². The van der Waals surface area contributed by atoms with Crippen molar-refractivity contribution in [1.82, 2.24) is 15.5 Å². The molecule has 0 rings (SSSR count). The van der Waals surface area contributed by atoms with Crippen LogP contribution in [0, 0.1) is 23.0 Å². The number of rotatable bonds is 34. The number of nitrogens with one attached hydrogen (secondary N) is 1. The van der Waals surface area contributed by atoms with Crippen LogP contribution in [0.5, 0.6) is 0 Å². The maximum atomic E-state index is 12.5. The van der Waals surface area contributed by atoms with Crippen molar-refractivity contribution in [3.05, 3.63) is 24.3 Å². The van der Waals surface area contributed by atoms with E-state index in [1.54, 1.807) is 17.7 Å². The summed E-state index contributed by atoms with van der Waals surface area (Å²) >= 11 is 0. The molecule has 0 unspecified atom stereocenters. The van der Waals surface area contributed by atoms with E-state index in [1.807, 2.05) is 0 Å². The number of carbonyl (C=O) groups is 4. The molecule has 0 atom stereocenters. The fourth-order valence-corrected chi connectivity index (χ4v) is 4.34. The number of hydroxylamine groups is 1. The second-order valence-corrected chi connectivity index (χ2v) is 11.7. The molecule has 15 heteroatoms. The molecule has 0 fully saturated rings. The first-order valence-corrected chi connectivity index (χ1v) is 17.4. The van der Waals surface area contributed by atoms with Crippen molar-refractivity contribution in [3.8, 4) is 12.5 Å². The molecule has 0 bridgehead atoms. The highest BCUT2D eigenvalue weighted by Crippen LogP contribution is 2.11. The molecular formula is C35H57N5O10. The molecule has 0 saturated heterocycles. The summed E-state index contributed by atoms with van der Waals surface area (Å²) in [4.78, 5) is 53.9. The minimum Gasteiger partial charge on any atom is -0.458 e. The topological polar surface area (TPSA) is 190 Å². The minimum absolute atomic E-state index is 0.148. The largest absolute Gasteiger partial charge is 0.458 e. The molecule has 1 amide bonds. The molecule has 0 aromatic heterocycles. The van der Waals surface area contributed by atoms with Crippen molar-refractivity contribution in [1.29, 1.82) is 10.5 Å². The van der Waals surface area contributed by atoms with E-state index < -0.39 is 24.0 Å². The van der Waals surface area contributed by atoms with Crippen LogP contribution in [-0.2, 0) is 47.7 Å². The van der Waals surface area contributed by atoms with Crippen LogP contribution in [0.4, 0.5) is 0 Å². The van der Waals surface area contributed by atoms with Gasteiger partial charge in [-0.1, -0.05) is 50.4 Å². The van der Waals surface area contributed by atoms with Gasteiger partial charge in [0.25, 0.3) is 12.5 Å². The molecule has 0 aromatic rings. The summed E-state index contributed by atoms with van der Waals surface area (Å²) in [6, 6.07) is 0. The van der Waals surface area contributed by atoms with Gasteiger partial charge in [0.2, 0.25) is 6.41 Å². The van der Waals surface area contributed by atoms with E-state index in [9.17, 15) is 19.2 Å². The lowest BCUT2D eigenvalue weighted by Crippen LogP contribution is -2.44. The highest BCUT2D eigenvalue weighted by atomic mass is 16.7. The molecule has 0 aromatic carbocycles. The molecule has 282 valence electrons. The van der Waals surface area contributed by atoms with Crippen LogP contribution in [-0.4, -0.2) is 93.4 Å². The standard InChI is InChI=1S/C35H57N5O10/c1-30(2)34(43)47-24-32(25-48-35(44)31(3)4)50-33(42)18-12-6-5-8-15-21-40(39(29-41)20-14-9-11-17-23-46-27-37)49-28-38-19-13-7-10-16-22-45-26-36/h29,32,38H,1,3,5-25,28H2,2,4H3. The summed E-state index contributed by atoms with van der Waals surface area (Å²) in [5, 5.41) is 23.2. The number of amides is 1. The summed E-state index contributed by atoms with van der Waals surface area (Å²) in [5.41, 5.74) is 0.384. The van der Waals surface area contributed by atoms with Crippen LogP contribution in [0.1, 0.15) is 104 Å². The summed E-state index contributed by atoms with van der Waals surface area (Å²) in [7, 11) is 0. The monoisotopic (exact) mass is 707 g/mol. The third kappa shape index (κ3) is 26.7. The Hall–Kier alpha value is -4.18. The van der Waals surface area contributed by atoms with E-state index in [1.165, 1.54) is 18.9 Å². The number of ether oxygens (including phenoxy) is 5. The Balaban J connectivity index is 4.66. The van der Waals surface area contributed by atoms with E-state index in [-0.39, 0.29) is 37.5 Å². The normalized spacial score (nSPS) is 10.5. The maximum Gasteiger partial charge on any atom is 0.333 e. The van der Waals surface area contributed by atoms with Crippen LogP contribution >= 0.6 is 0 Å². The van der Waals surface area contributed by atoms with Crippen LogP contribution in [0.3, 0.4) is 0 Å². The molecule has 0 spiro atoms. The van der Waals surface area contributed by atoms with Gasteiger partial charge in [0, 0.05) is 30.7 Å². The molecule has 0 heterocycles. The van der Waals surface area contributed by atoms with Gasteiger partial charge in [0.1, 0.15) is 33.2 Å². The third-order valence-electron chi connectivity index (χ3n) is 7.11. The number of nitrogens with zero attached hydrogens (tertiary/aromatic N) is 4. The predicted molar refractivity (Wildman–Crippen MR) is 183 cm³/mol. The van der Waals surface area contributed by atoms with Crippen molar-refractivity contribution >= 4 is 24.3 Å². The molecule has 0 aliphatic rings. The van der Waals surface area contributed by atoms with Gasteiger partial charge in [-0.3, -0.25) is 24.8 Å². The first kappa shape index (κ1) is 45.8. The van der Waals surface area contributed by atoms with E-state index in [0.717, 1.165) is 90.0 Å². The van der Waals surface area contributed by atoms with Crippen LogP contribution in [0.25, 0.3) is 0 Å². The quantitative estimate of drug-likeness (QED) is 0.0141. The lowest BCUT2D eigenvalue weighted by molar-refractivity contribution is -0.273. The number of hydrogen-bond acceptors (Lipinski definition) is 14. The van der Waals surface area contributed by atoms with Crippen LogP contribution in [0.15, 0.2) is 24.3 Å². The highest BCUT2D eigenvalue weighted by molar-refractivity contribution is 5.87. The Bertz CT molecular complexity index is 1050. The van der Waals surface area contributed by atoms with E-state index in [2.05, 4.69) is 23.2 Å². The Kier molecular flexibility index (Phi) is 29.4. The summed E-state index contributed by atoms with van der Waals surface area (Å²) in [6.07, 6.45) is 14.2. The van der Waals surface area contributed by atoms with Crippen LogP contribution < -0.4 is 5.32 Å². The van der Waals surface area contributed by atoms with E-state index in [0.29, 0.717) is 32.7 Å². The molecule has 0 radical (unpaired) electrons. The lowest BCUT2D eigenvalue weighted by Gasteiger charge is -2.31. The van der Waals surface area contributed by atoms with Crippen molar-refractivity contribution < 1.29 is 47.7 Å². The van der Waals surface area contributed by atoms with Gasteiger partial charge in [-0.05, 0) is 71.8 Å². The Morgan fingerprint density at radius 2 is 1.24 bits per heavy atom. The first-order chi connectivity index (χ1) is 24.2.